The molecule has 8 nitrogen and oxygen atoms in total. The molecule has 1 amide bonds. The first-order chi connectivity index (χ1) is 15.2. The number of fused-ring (bicyclic) bond motifs is 2. The molecule has 4 heterocycles. The number of benzene rings is 2. The predicted molar refractivity (Wildman–Crippen MR) is 115 cm³/mol. The molecule has 0 N–H and O–H groups in total. The number of likely N-dealkylation sites (tertiary alicyclic amines) is 1. The van der Waals surface area contributed by atoms with Gasteiger partial charge in [0.05, 0.1) is 23.6 Å². The van der Waals surface area contributed by atoms with E-state index in [1.807, 2.05) is 41.3 Å². The lowest BCUT2D eigenvalue weighted by atomic mass is 10.0. The number of rotatable bonds is 3. The highest BCUT2D eigenvalue weighted by atomic mass is 35.5. The highest BCUT2D eigenvalue weighted by molar-refractivity contribution is 6.31. The van der Waals surface area contributed by atoms with Gasteiger partial charge >= 0.3 is 0 Å². The third-order valence-corrected chi connectivity index (χ3v) is 6.39. The van der Waals surface area contributed by atoms with Crippen LogP contribution in [0, 0.1) is 11.8 Å². The van der Waals surface area contributed by atoms with Crippen molar-refractivity contribution in [3.8, 4) is 5.69 Å². The van der Waals surface area contributed by atoms with Gasteiger partial charge < -0.3 is 14.2 Å². The maximum Gasteiger partial charge on any atom is 0.298 e. The topological polar surface area (TPSA) is 80.3 Å². The number of oxazole rings is 1. The molecule has 2 aromatic heterocycles. The van der Waals surface area contributed by atoms with E-state index in [1.165, 1.54) is 4.80 Å². The zero-order chi connectivity index (χ0) is 20.9. The minimum absolute atomic E-state index is 0.0188. The summed E-state index contributed by atoms with van der Waals surface area (Å²) in [4.78, 5) is 23.5. The standard InChI is InChI=1S/C22H19ClN6O2/c23-16-5-6-20-18(9-16)26-22(31-20)28-12-14-10-27(11-15(14)13-28)21(30)17-3-1-2-4-19(17)29-24-7-8-25-29/h1-9,14-15H,10-13H2/t14-,15+. The maximum atomic E-state index is 13.3. The Balaban J connectivity index is 1.19. The fourth-order valence-corrected chi connectivity index (χ4v) is 4.84. The normalized spacial score (nSPS) is 20.5. The number of halogens is 1. The fraction of sp³-hybridized carbons (Fsp3) is 0.273. The Hall–Kier alpha value is -3.39. The van der Waals surface area contributed by atoms with Gasteiger partial charge in [0.2, 0.25) is 0 Å². The molecule has 2 saturated heterocycles. The van der Waals surface area contributed by atoms with Crippen molar-refractivity contribution in [1.82, 2.24) is 24.9 Å². The van der Waals surface area contributed by atoms with Crippen LogP contribution in [-0.2, 0) is 0 Å². The van der Waals surface area contributed by atoms with E-state index in [1.54, 1.807) is 18.5 Å². The van der Waals surface area contributed by atoms with Crippen molar-refractivity contribution < 1.29 is 9.21 Å². The van der Waals surface area contributed by atoms with Crippen molar-refractivity contribution >= 4 is 34.6 Å². The highest BCUT2D eigenvalue weighted by Crippen LogP contribution is 2.36. The van der Waals surface area contributed by atoms with E-state index in [2.05, 4.69) is 20.1 Å². The van der Waals surface area contributed by atoms with Crippen LogP contribution in [0.5, 0.6) is 0 Å². The van der Waals surface area contributed by atoms with Crippen LogP contribution in [-0.4, -0.2) is 57.0 Å². The monoisotopic (exact) mass is 434 g/mol. The molecule has 0 aliphatic carbocycles. The van der Waals surface area contributed by atoms with E-state index in [-0.39, 0.29) is 5.91 Å². The van der Waals surface area contributed by atoms with Gasteiger partial charge in [0.1, 0.15) is 5.52 Å². The predicted octanol–water partition coefficient (Wildman–Crippen LogP) is 3.27. The molecule has 156 valence electrons. The summed E-state index contributed by atoms with van der Waals surface area (Å²) in [5.74, 6) is 0.792. The fourth-order valence-electron chi connectivity index (χ4n) is 4.68. The number of nitrogens with zero attached hydrogens (tertiary/aromatic N) is 6. The van der Waals surface area contributed by atoms with Crippen LogP contribution >= 0.6 is 11.6 Å². The quantitative estimate of drug-likeness (QED) is 0.492. The number of amides is 1. The highest BCUT2D eigenvalue weighted by Gasteiger charge is 2.43. The number of carbonyl (C=O) groups is 1. The van der Waals surface area contributed by atoms with Gasteiger partial charge in [-0.3, -0.25) is 4.79 Å². The van der Waals surface area contributed by atoms with Gasteiger partial charge in [0.15, 0.2) is 5.58 Å². The van der Waals surface area contributed by atoms with E-state index in [4.69, 9.17) is 16.0 Å². The molecule has 0 unspecified atom stereocenters. The number of anilines is 1. The summed E-state index contributed by atoms with van der Waals surface area (Å²) in [5.41, 5.74) is 2.81. The molecule has 2 aromatic carbocycles. The largest absolute Gasteiger partial charge is 0.423 e. The molecule has 2 aliphatic rings. The second-order valence-corrected chi connectivity index (χ2v) is 8.52. The van der Waals surface area contributed by atoms with Crippen LogP contribution in [0.15, 0.2) is 59.3 Å². The average Bonchev–Trinajstić information content (AvgIpc) is 3.55. The summed E-state index contributed by atoms with van der Waals surface area (Å²) in [6, 6.07) is 13.6. The van der Waals surface area contributed by atoms with E-state index in [0.717, 1.165) is 24.2 Å². The smallest absolute Gasteiger partial charge is 0.298 e. The van der Waals surface area contributed by atoms with E-state index < -0.39 is 0 Å². The average molecular weight is 435 g/mol. The van der Waals surface area contributed by atoms with Gasteiger partial charge in [-0.15, -0.1) is 0 Å². The van der Waals surface area contributed by atoms with Crippen molar-refractivity contribution in [1.29, 1.82) is 0 Å². The van der Waals surface area contributed by atoms with Crippen LogP contribution in [0.1, 0.15) is 10.4 Å². The van der Waals surface area contributed by atoms with Crippen LogP contribution in [0.25, 0.3) is 16.8 Å². The summed E-state index contributed by atoms with van der Waals surface area (Å²) in [6.45, 7) is 3.06. The van der Waals surface area contributed by atoms with Crippen molar-refractivity contribution in [3.63, 3.8) is 0 Å². The number of carbonyl (C=O) groups excluding carboxylic acids is 1. The SMILES string of the molecule is O=C(c1ccccc1-n1nccn1)N1C[C@@H]2CN(c3nc4cc(Cl)ccc4o3)C[C@@H]2C1. The molecule has 2 atom stereocenters. The zero-order valence-electron chi connectivity index (χ0n) is 16.6. The molecule has 9 heteroatoms. The molecule has 0 radical (unpaired) electrons. The van der Waals surface area contributed by atoms with Gasteiger partial charge in [-0.1, -0.05) is 23.7 Å². The number of hydrogen-bond acceptors (Lipinski definition) is 6. The molecule has 4 aromatic rings. The number of hydrogen-bond donors (Lipinski definition) is 0. The first-order valence-electron chi connectivity index (χ1n) is 10.2. The van der Waals surface area contributed by atoms with E-state index in [0.29, 0.717) is 47.2 Å². The van der Waals surface area contributed by atoms with Crippen molar-refractivity contribution in [2.24, 2.45) is 11.8 Å². The van der Waals surface area contributed by atoms with E-state index in [9.17, 15) is 4.79 Å². The summed E-state index contributed by atoms with van der Waals surface area (Å²) >= 11 is 6.06. The van der Waals surface area contributed by atoms with Crippen LogP contribution < -0.4 is 4.90 Å². The van der Waals surface area contributed by atoms with Crippen LogP contribution in [0.3, 0.4) is 0 Å². The molecule has 2 aliphatic heterocycles. The first-order valence-corrected chi connectivity index (χ1v) is 10.6. The Morgan fingerprint density at radius 3 is 2.52 bits per heavy atom. The van der Waals surface area contributed by atoms with Gasteiger partial charge in [-0.2, -0.15) is 20.0 Å². The molecular formula is C22H19ClN6O2. The third kappa shape index (κ3) is 3.14. The second kappa shape index (κ2) is 7.09. The molecule has 31 heavy (non-hydrogen) atoms. The first kappa shape index (κ1) is 18.4. The van der Waals surface area contributed by atoms with Gasteiger partial charge in [-0.25, -0.2) is 0 Å². The minimum atomic E-state index is 0.0188. The van der Waals surface area contributed by atoms with Gasteiger partial charge in [0.25, 0.3) is 11.9 Å². The van der Waals surface area contributed by atoms with Crippen LogP contribution in [0.2, 0.25) is 5.02 Å². The lowest BCUT2D eigenvalue weighted by Crippen LogP contribution is -2.34. The zero-order valence-corrected chi connectivity index (χ0v) is 17.3. The number of para-hydroxylation sites is 1. The molecule has 6 rings (SSSR count). The molecule has 0 bridgehead atoms. The van der Waals surface area contributed by atoms with Crippen LogP contribution in [0.4, 0.5) is 6.01 Å². The Bertz CT molecular complexity index is 1260. The van der Waals surface area contributed by atoms with Crippen molar-refractivity contribution in [2.75, 3.05) is 31.1 Å². The summed E-state index contributed by atoms with van der Waals surface area (Å²) in [6.07, 6.45) is 3.21. The molecular weight excluding hydrogens is 416 g/mol. The molecule has 0 saturated carbocycles. The molecule has 0 spiro atoms. The summed E-state index contributed by atoms with van der Waals surface area (Å²) in [7, 11) is 0. The maximum absolute atomic E-state index is 13.3. The third-order valence-electron chi connectivity index (χ3n) is 6.15. The minimum Gasteiger partial charge on any atom is -0.423 e. The Morgan fingerprint density at radius 2 is 1.74 bits per heavy atom. The lowest BCUT2D eigenvalue weighted by Gasteiger charge is -2.21. The molecule has 2 fully saturated rings. The Kier molecular flexibility index (Phi) is 4.21. The van der Waals surface area contributed by atoms with Gasteiger partial charge in [0, 0.05) is 43.0 Å². The van der Waals surface area contributed by atoms with Crippen molar-refractivity contribution in [2.45, 2.75) is 0 Å². The van der Waals surface area contributed by atoms with Gasteiger partial charge in [-0.05, 0) is 30.3 Å². The lowest BCUT2D eigenvalue weighted by molar-refractivity contribution is 0.0782. The Morgan fingerprint density at radius 1 is 1.00 bits per heavy atom. The summed E-state index contributed by atoms with van der Waals surface area (Å²) in [5, 5.41) is 9.01. The second-order valence-electron chi connectivity index (χ2n) is 8.08. The van der Waals surface area contributed by atoms with Crippen molar-refractivity contribution in [3.05, 3.63) is 65.4 Å². The number of aromatic nitrogens is 4. The Labute approximate surface area is 183 Å². The van der Waals surface area contributed by atoms with E-state index >= 15 is 0 Å². The summed E-state index contributed by atoms with van der Waals surface area (Å²) < 4.78 is 5.93.